The smallest absolute Gasteiger partial charge is 0.257 e. The molecule has 2 atom stereocenters. The number of amides is 1. The molecule has 1 amide bonds. The van der Waals surface area contributed by atoms with Crippen molar-refractivity contribution in [3.63, 3.8) is 0 Å². The van der Waals surface area contributed by atoms with Gasteiger partial charge in [-0.25, -0.2) is 0 Å². The third-order valence-electron chi connectivity index (χ3n) is 3.53. The normalized spacial score (nSPS) is 26.8. The summed E-state index contributed by atoms with van der Waals surface area (Å²) < 4.78 is 10.8. The SMILES string of the molecule is CN(C(=O)[C@H]1CCCO1)c1nnc([C@H]2CCOC2)s1. The Labute approximate surface area is 115 Å². The van der Waals surface area contributed by atoms with Crippen LogP contribution in [0.4, 0.5) is 5.13 Å². The molecular weight excluding hydrogens is 266 g/mol. The molecule has 2 aliphatic heterocycles. The number of aromatic nitrogens is 2. The zero-order valence-electron chi connectivity index (χ0n) is 10.9. The van der Waals surface area contributed by atoms with Crippen LogP contribution in [-0.4, -0.2) is 49.1 Å². The fourth-order valence-corrected chi connectivity index (χ4v) is 3.27. The molecule has 0 aliphatic carbocycles. The van der Waals surface area contributed by atoms with E-state index in [0.717, 1.165) is 30.9 Å². The minimum absolute atomic E-state index is 0.0251. The first-order valence-electron chi connectivity index (χ1n) is 6.56. The fourth-order valence-electron chi connectivity index (χ4n) is 2.34. The number of hydrogen-bond acceptors (Lipinski definition) is 6. The Hall–Kier alpha value is -1.05. The molecule has 0 N–H and O–H groups in total. The molecule has 2 aliphatic rings. The minimum atomic E-state index is -0.313. The molecule has 3 heterocycles. The maximum Gasteiger partial charge on any atom is 0.257 e. The van der Waals surface area contributed by atoms with E-state index >= 15 is 0 Å². The lowest BCUT2D eigenvalue weighted by Gasteiger charge is -2.17. The van der Waals surface area contributed by atoms with Gasteiger partial charge >= 0.3 is 0 Å². The molecule has 0 unspecified atom stereocenters. The average molecular weight is 283 g/mol. The van der Waals surface area contributed by atoms with E-state index < -0.39 is 0 Å². The van der Waals surface area contributed by atoms with Crippen LogP contribution in [0.15, 0.2) is 0 Å². The van der Waals surface area contributed by atoms with Gasteiger partial charge in [-0.2, -0.15) is 0 Å². The molecule has 0 radical (unpaired) electrons. The van der Waals surface area contributed by atoms with Crippen molar-refractivity contribution in [3.8, 4) is 0 Å². The molecule has 0 saturated carbocycles. The van der Waals surface area contributed by atoms with Gasteiger partial charge in [-0.3, -0.25) is 9.69 Å². The first-order valence-corrected chi connectivity index (χ1v) is 7.37. The molecule has 2 saturated heterocycles. The molecule has 104 valence electrons. The number of anilines is 1. The lowest BCUT2D eigenvalue weighted by Crippen LogP contribution is -2.35. The largest absolute Gasteiger partial charge is 0.381 e. The first-order chi connectivity index (χ1) is 9.25. The highest BCUT2D eigenvalue weighted by Gasteiger charge is 2.29. The van der Waals surface area contributed by atoms with Gasteiger partial charge in [0.25, 0.3) is 5.91 Å². The molecule has 3 rings (SSSR count). The molecule has 0 aromatic carbocycles. The van der Waals surface area contributed by atoms with Crippen molar-refractivity contribution in [1.29, 1.82) is 0 Å². The quantitative estimate of drug-likeness (QED) is 0.833. The Morgan fingerprint density at radius 1 is 1.37 bits per heavy atom. The predicted molar refractivity (Wildman–Crippen MR) is 70.5 cm³/mol. The number of ether oxygens (including phenoxy) is 2. The summed E-state index contributed by atoms with van der Waals surface area (Å²) in [7, 11) is 1.74. The third-order valence-corrected chi connectivity index (χ3v) is 4.69. The molecule has 0 spiro atoms. The highest BCUT2D eigenvalue weighted by Crippen LogP contribution is 2.31. The van der Waals surface area contributed by atoms with Gasteiger partial charge in [0.05, 0.1) is 6.61 Å². The van der Waals surface area contributed by atoms with Crippen LogP contribution in [0.1, 0.15) is 30.2 Å². The van der Waals surface area contributed by atoms with Crippen molar-refractivity contribution >= 4 is 22.4 Å². The van der Waals surface area contributed by atoms with Gasteiger partial charge in [0, 0.05) is 26.2 Å². The Kier molecular flexibility index (Phi) is 3.76. The molecule has 19 heavy (non-hydrogen) atoms. The number of rotatable bonds is 3. The van der Waals surface area contributed by atoms with E-state index in [1.165, 1.54) is 11.3 Å². The maximum absolute atomic E-state index is 12.2. The summed E-state index contributed by atoms with van der Waals surface area (Å²) in [5.74, 6) is 0.306. The summed E-state index contributed by atoms with van der Waals surface area (Å²) in [6.07, 6.45) is 2.42. The minimum Gasteiger partial charge on any atom is -0.381 e. The van der Waals surface area contributed by atoms with Gasteiger partial charge in [0.15, 0.2) is 0 Å². The monoisotopic (exact) mass is 283 g/mol. The number of carbonyl (C=O) groups is 1. The van der Waals surface area contributed by atoms with Crippen LogP contribution < -0.4 is 4.90 Å². The molecule has 0 bridgehead atoms. The summed E-state index contributed by atoms with van der Waals surface area (Å²) in [6.45, 7) is 2.16. The molecule has 7 heteroatoms. The van der Waals surface area contributed by atoms with Gasteiger partial charge < -0.3 is 9.47 Å². The van der Waals surface area contributed by atoms with Gasteiger partial charge in [-0.05, 0) is 19.3 Å². The van der Waals surface area contributed by atoms with E-state index in [2.05, 4.69) is 10.2 Å². The van der Waals surface area contributed by atoms with Gasteiger partial charge in [0.2, 0.25) is 5.13 Å². The maximum atomic E-state index is 12.2. The number of hydrogen-bond donors (Lipinski definition) is 0. The second-order valence-electron chi connectivity index (χ2n) is 4.88. The van der Waals surface area contributed by atoms with Crippen molar-refractivity contribution in [3.05, 3.63) is 5.01 Å². The molecule has 6 nitrogen and oxygen atoms in total. The Morgan fingerprint density at radius 3 is 2.95 bits per heavy atom. The summed E-state index contributed by atoms with van der Waals surface area (Å²) in [5, 5.41) is 9.90. The van der Waals surface area contributed by atoms with Crippen molar-refractivity contribution in [2.45, 2.75) is 31.3 Å². The van der Waals surface area contributed by atoms with Crippen LogP contribution in [0.3, 0.4) is 0 Å². The van der Waals surface area contributed by atoms with E-state index in [0.29, 0.717) is 24.3 Å². The molecule has 2 fully saturated rings. The standard InChI is InChI=1S/C12H17N3O3S/c1-15(11(16)9-3-2-5-18-9)12-14-13-10(19-12)8-4-6-17-7-8/h8-9H,2-7H2,1H3/t8-,9+/m0/s1. The van der Waals surface area contributed by atoms with E-state index in [1.807, 2.05) is 0 Å². The molecule has 1 aromatic rings. The topological polar surface area (TPSA) is 64.6 Å². The van der Waals surface area contributed by atoms with Crippen LogP contribution >= 0.6 is 11.3 Å². The lowest BCUT2D eigenvalue weighted by molar-refractivity contribution is -0.127. The van der Waals surface area contributed by atoms with E-state index in [-0.39, 0.29) is 12.0 Å². The highest BCUT2D eigenvalue weighted by molar-refractivity contribution is 7.15. The fraction of sp³-hybridized carbons (Fsp3) is 0.750. The van der Waals surface area contributed by atoms with Gasteiger partial charge in [0.1, 0.15) is 11.1 Å². The average Bonchev–Trinajstić information content (AvgIpc) is 3.16. The van der Waals surface area contributed by atoms with Crippen molar-refractivity contribution in [1.82, 2.24) is 10.2 Å². The summed E-state index contributed by atoms with van der Waals surface area (Å²) in [4.78, 5) is 13.8. The zero-order valence-corrected chi connectivity index (χ0v) is 11.7. The Bertz CT molecular complexity index is 453. The second kappa shape index (κ2) is 5.52. The zero-order chi connectivity index (χ0) is 13.2. The summed E-state index contributed by atoms with van der Waals surface area (Å²) in [6, 6.07) is 0. The Morgan fingerprint density at radius 2 is 2.26 bits per heavy atom. The number of likely N-dealkylation sites (N-methyl/N-ethyl adjacent to an activating group) is 1. The number of nitrogens with zero attached hydrogens (tertiary/aromatic N) is 3. The van der Waals surface area contributed by atoms with Gasteiger partial charge in [-0.1, -0.05) is 11.3 Å². The summed E-state index contributed by atoms with van der Waals surface area (Å²) in [5.41, 5.74) is 0. The van der Waals surface area contributed by atoms with Crippen LogP contribution in [0, 0.1) is 0 Å². The lowest BCUT2D eigenvalue weighted by atomic mass is 10.1. The Balaban J connectivity index is 1.69. The highest BCUT2D eigenvalue weighted by atomic mass is 32.1. The van der Waals surface area contributed by atoms with Crippen molar-refractivity contribution in [2.24, 2.45) is 0 Å². The van der Waals surface area contributed by atoms with Crippen LogP contribution in [0.2, 0.25) is 0 Å². The van der Waals surface area contributed by atoms with E-state index in [4.69, 9.17) is 9.47 Å². The predicted octanol–water partition coefficient (Wildman–Crippen LogP) is 1.18. The van der Waals surface area contributed by atoms with E-state index in [1.54, 1.807) is 11.9 Å². The summed E-state index contributed by atoms with van der Waals surface area (Å²) >= 11 is 1.47. The van der Waals surface area contributed by atoms with Crippen molar-refractivity contribution < 1.29 is 14.3 Å². The number of carbonyl (C=O) groups excluding carboxylic acids is 1. The van der Waals surface area contributed by atoms with Crippen LogP contribution in [-0.2, 0) is 14.3 Å². The van der Waals surface area contributed by atoms with E-state index in [9.17, 15) is 4.79 Å². The van der Waals surface area contributed by atoms with Crippen LogP contribution in [0.25, 0.3) is 0 Å². The first kappa shape index (κ1) is 13.0. The molecular formula is C12H17N3O3S. The van der Waals surface area contributed by atoms with Crippen molar-refractivity contribution in [2.75, 3.05) is 31.8 Å². The second-order valence-corrected chi connectivity index (χ2v) is 5.87. The van der Waals surface area contributed by atoms with Crippen LogP contribution in [0.5, 0.6) is 0 Å². The third kappa shape index (κ3) is 2.63. The van der Waals surface area contributed by atoms with Gasteiger partial charge in [-0.15, -0.1) is 10.2 Å². The molecule has 1 aromatic heterocycles.